The normalized spacial score (nSPS) is 30.4. The van der Waals surface area contributed by atoms with Gasteiger partial charge in [-0.2, -0.15) is 11.3 Å². The molecule has 0 N–H and O–H groups in total. The Morgan fingerprint density at radius 3 is 2.83 bits per heavy atom. The van der Waals surface area contributed by atoms with Crippen molar-refractivity contribution in [1.29, 1.82) is 0 Å². The summed E-state index contributed by atoms with van der Waals surface area (Å²) in [6.45, 7) is 0. The molecule has 2 rings (SSSR count). The van der Waals surface area contributed by atoms with Crippen molar-refractivity contribution in [1.82, 2.24) is 0 Å². The summed E-state index contributed by atoms with van der Waals surface area (Å²) in [6, 6.07) is 2.27. The van der Waals surface area contributed by atoms with E-state index in [-0.39, 0.29) is 0 Å². The second-order valence-electron chi connectivity index (χ2n) is 3.46. The molecule has 2 atom stereocenters. The van der Waals surface area contributed by atoms with Crippen LogP contribution >= 0.6 is 27.3 Å². The standard InChI is InChI=1S/C10H13BrS/c11-10-4-2-1-3-9(10)8-5-6-12-7-8/h5-7,9-10H,1-4H2. The molecule has 0 bridgehead atoms. The Balaban J connectivity index is 2.11. The van der Waals surface area contributed by atoms with Gasteiger partial charge in [-0.3, -0.25) is 0 Å². The number of hydrogen-bond acceptors (Lipinski definition) is 1. The Hall–Kier alpha value is 0.180. The molecule has 1 fully saturated rings. The molecule has 0 nitrogen and oxygen atoms in total. The Labute approximate surface area is 86.1 Å². The van der Waals surface area contributed by atoms with Crippen molar-refractivity contribution >= 4 is 27.3 Å². The van der Waals surface area contributed by atoms with Gasteiger partial charge < -0.3 is 0 Å². The van der Waals surface area contributed by atoms with Crippen LogP contribution in [0.25, 0.3) is 0 Å². The monoisotopic (exact) mass is 244 g/mol. The topological polar surface area (TPSA) is 0 Å². The fourth-order valence-electron chi connectivity index (χ4n) is 1.95. The zero-order valence-electron chi connectivity index (χ0n) is 7.00. The van der Waals surface area contributed by atoms with E-state index < -0.39 is 0 Å². The minimum absolute atomic E-state index is 0.723. The quantitative estimate of drug-likeness (QED) is 0.651. The van der Waals surface area contributed by atoms with Gasteiger partial charge in [0.2, 0.25) is 0 Å². The van der Waals surface area contributed by atoms with E-state index in [2.05, 4.69) is 32.8 Å². The fraction of sp³-hybridized carbons (Fsp3) is 0.600. The molecule has 0 saturated heterocycles. The summed E-state index contributed by atoms with van der Waals surface area (Å²) < 4.78 is 0. The predicted molar refractivity (Wildman–Crippen MR) is 58.2 cm³/mol. The van der Waals surface area contributed by atoms with Crippen LogP contribution in [-0.2, 0) is 0 Å². The summed E-state index contributed by atoms with van der Waals surface area (Å²) >= 11 is 5.60. The Morgan fingerprint density at radius 1 is 1.33 bits per heavy atom. The first-order chi connectivity index (χ1) is 5.88. The van der Waals surface area contributed by atoms with Crippen LogP contribution in [0.1, 0.15) is 37.2 Å². The Kier molecular flexibility index (Phi) is 2.87. The lowest BCUT2D eigenvalue weighted by molar-refractivity contribution is 0.462. The lowest BCUT2D eigenvalue weighted by Crippen LogP contribution is -2.16. The molecule has 12 heavy (non-hydrogen) atoms. The van der Waals surface area contributed by atoms with Crippen LogP contribution in [-0.4, -0.2) is 4.83 Å². The van der Waals surface area contributed by atoms with Crippen LogP contribution in [0.2, 0.25) is 0 Å². The fourth-order valence-corrected chi connectivity index (χ4v) is 3.57. The predicted octanol–water partition coefficient (Wildman–Crippen LogP) is 4.17. The third-order valence-electron chi connectivity index (χ3n) is 2.65. The molecule has 1 aliphatic carbocycles. The van der Waals surface area contributed by atoms with Gasteiger partial charge in [-0.25, -0.2) is 0 Å². The van der Waals surface area contributed by atoms with Crippen LogP contribution < -0.4 is 0 Å². The third kappa shape index (κ3) is 1.74. The Bertz CT molecular complexity index is 230. The number of rotatable bonds is 1. The van der Waals surface area contributed by atoms with Crippen LogP contribution in [0.4, 0.5) is 0 Å². The third-order valence-corrected chi connectivity index (χ3v) is 4.45. The van der Waals surface area contributed by atoms with E-state index >= 15 is 0 Å². The molecule has 66 valence electrons. The number of thiophene rings is 1. The summed E-state index contributed by atoms with van der Waals surface area (Å²) in [7, 11) is 0. The summed E-state index contributed by atoms with van der Waals surface area (Å²) in [4.78, 5) is 0.723. The van der Waals surface area contributed by atoms with Gasteiger partial charge in [0.05, 0.1) is 0 Å². The van der Waals surface area contributed by atoms with E-state index in [1.54, 1.807) is 5.56 Å². The zero-order valence-corrected chi connectivity index (χ0v) is 9.40. The first-order valence-electron chi connectivity index (χ1n) is 4.54. The summed E-state index contributed by atoms with van der Waals surface area (Å²) in [5.74, 6) is 0.782. The maximum absolute atomic E-state index is 3.78. The van der Waals surface area contributed by atoms with Gasteiger partial charge in [-0.05, 0) is 41.1 Å². The molecule has 2 heteroatoms. The lowest BCUT2D eigenvalue weighted by atomic mass is 9.85. The summed E-state index contributed by atoms with van der Waals surface area (Å²) in [6.07, 6.45) is 5.52. The largest absolute Gasteiger partial charge is 0.152 e. The highest BCUT2D eigenvalue weighted by Crippen LogP contribution is 2.37. The molecule has 0 aliphatic heterocycles. The molecule has 0 spiro atoms. The molecular formula is C10H13BrS. The van der Waals surface area contributed by atoms with Crippen molar-refractivity contribution in [2.24, 2.45) is 0 Å². The van der Waals surface area contributed by atoms with Gasteiger partial charge >= 0.3 is 0 Å². The van der Waals surface area contributed by atoms with E-state index in [0.29, 0.717) is 0 Å². The molecular weight excluding hydrogens is 232 g/mol. The number of hydrogen-bond donors (Lipinski definition) is 0. The molecule has 1 aromatic heterocycles. The minimum atomic E-state index is 0.723. The van der Waals surface area contributed by atoms with E-state index in [1.165, 1.54) is 25.7 Å². The van der Waals surface area contributed by atoms with Gasteiger partial charge in [0, 0.05) is 4.83 Å². The van der Waals surface area contributed by atoms with Crippen LogP contribution in [0, 0.1) is 0 Å². The van der Waals surface area contributed by atoms with Crippen LogP contribution in [0.3, 0.4) is 0 Å². The van der Waals surface area contributed by atoms with Crippen molar-refractivity contribution in [2.45, 2.75) is 36.4 Å². The number of alkyl halides is 1. The van der Waals surface area contributed by atoms with E-state index in [0.717, 1.165) is 10.7 Å². The van der Waals surface area contributed by atoms with Gasteiger partial charge in [0.1, 0.15) is 0 Å². The molecule has 1 aliphatic rings. The van der Waals surface area contributed by atoms with Gasteiger partial charge in [0.15, 0.2) is 0 Å². The van der Waals surface area contributed by atoms with E-state index in [9.17, 15) is 0 Å². The molecule has 1 heterocycles. The molecule has 1 saturated carbocycles. The van der Waals surface area contributed by atoms with Crippen molar-refractivity contribution in [3.63, 3.8) is 0 Å². The first-order valence-corrected chi connectivity index (χ1v) is 6.40. The molecule has 0 amide bonds. The van der Waals surface area contributed by atoms with Gasteiger partial charge in [-0.1, -0.05) is 28.8 Å². The first kappa shape index (κ1) is 8.76. The summed E-state index contributed by atoms with van der Waals surface area (Å²) in [5.41, 5.74) is 1.54. The zero-order chi connectivity index (χ0) is 8.39. The highest BCUT2D eigenvalue weighted by Gasteiger charge is 2.23. The minimum Gasteiger partial charge on any atom is -0.152 e. The van der Waals surface area contributed by atoms with E-state index in [1.807, 2.05) is 11.3 Å². The van der Waals surface area contributed by atoms with Crippen molar-refractivity contribution < 1.29 is 0 Å². The average molecular weight is 245 g/mol. The summed E-state index contributed by atoms with van der Waals surface area (Å²) in [5, 5.41) is 4.48. The maximum atomic E-state index is 3.78. The van der Waals surface area contributed by atoms with Crippen LogP contribution in [0.15, 0.2) is 16.8 Å². The van der Waals surface area contributed by atoms with Gasteiger partial charge in [-0.15, -0.1) is 0 Å². The highest BCUT2D eigenvalue weighted by molar-refractivity contribution is 9.09. The second kappa shape index (κ2) is 3.93. The number of halogens is 1. The molecule has 2 unspecified atom stereocenters. The van der Waals surface area contributed by atoms with Crippen molar-refractivity contribution in [3.05, 3.63) is 22.4 Å². The SMILES string of the molecule is BrC1CCCCC1c1ccsc1. The van der Waals surface area contributed by atoms with Gasteiger partial charge in [0.25, 0.3) is 0 Å². The smallest absolute Gasteiger partial charge is 0.0214 e. The second-order valence-corrected chi connectivity index (χ2v) is 5.42. The molecule has 0 radical (unpaired) electrons. The van der Waals surface area contributed by atoms with Crippen molar-refractivity contribution in [2.75, 3.05) is 0 Å². The lowest BCUT2D eigenvalue weighted by Gasteiger charge is -2.26. The van der Waals surface area contributed by atoms with E-state index in [4.69, 9.17) is 0 Å². The molecule has 1 aromatic rings. The Morgan fingerprint density at radius 2 is 2.17 bits per heavy atom. The van der Waals surface area contributed by atoms with Crippen molar-refractivity contribution in [3.8, 4) is 0 Å². The highest BCUT2D eigenvalue weighted by atomic mass is 79.9. The average Bonchev–Trinajstić information content (AvgIpc) is 2.57. The maximum Gasteiger partial charge on any atom is 0.0214 e. The molecule has 0 aromatic carbocycles. The van der Waals surface area contributed by atoms with Crippen LogP contribution in [0.5, 0.6) is 0 Å².